The number of carbonyl (C=O) groups excluding carboxylic acids is 1. The molecular weight excluding hydrogens is 480 g/mol. The van der Waals surface area contributed by atoms with Crippen LogP contribution in [0.4, 0.5) is 11.9 Å². The van der Waals surface area contributed by atoms with Crippen molar-refractivity contribution in [1.29, 1.82) is 0 Å². The number of nitrogens with one attached hydrogen (secondary N) is 2. The predicted octanol–water partition coefficient (Wildman–Crippen LogP) is 4.41. The SMILES string of the molecule is CC(C)(C)C1CCC(N(Cc2ccc(C(=O)Nc3nn[nH]n3)cc2)c2nc3ccccc3n2CCO)CC1. The van der Waals surface area contributed by atoms with Gasteiger partial charge in [-0.05, 0) is 72.1 Å². The Morgan fingerprint density at radius 3 is 2.50 bits per heavy atom. The first-order chi connectivity index (χ1) is 18.3. The van der Waals surface area contributed by atoms with E-state index in [9.17, 15) is 9.90 Å². The Balaban J connectivity index is 1.42. The summed E-state index contributed by atoms with van der Waals surface area (Å²) >= 11 is 0. The second kappa shape index (κ2) is 10.9. The van der Waals surface area contributed by atoms with Crippen LogP contribution >= 0.6 is 0 Å². The summed E-state index contributed by atoms with van der Waals surface area (Å²) in [5.41, 5.74) is 3.86. The van der Waals surface area contributed by atoms with Crippen LogP contribution in [0.2, 0.25) is 0 Å². The number of tetrazole rings is 1. The number of aromatic nitrogens is 6. The quantitative estimate of drug-likeness (QED) is 0.317. The van der Waals surface area contributed by atoms with Crippen molar-refractivity contribution in [2.75, 3.05) is 16.8 Å². The van der Waals surface area contributed by atoms with E-state index in [0.717, 1.165) is 35.4 Å². The third kappa shape index (κ3) is 5.55. The van der Waals surface area contributed by atoms with Gasteiger partial charge in [0.1, 0.15) is 0 Å². The maximum atomic E-state index is 12.6. The molecule has 3 N–H and O–H groups in total. The van der Waals surface area contributed by atoms with E-state index in [1.54, 1.807) is 0 Å². The van der Waals surface area contributed by atoms with Gasteiger partial charge in [-0.3, -0.25) is 10.1 Å². The maximum absolute atomic E-state index is 12.6. The number of carbonyl (C=O) groups is 1. The summed E-state index contributed by atoms with van der Waals surface area (Å²) in [5.74, 6) is 1.44. The Bertz CT molecular complexity index is 1350. The Morgan fingerprint density at radius 1 is 1.11 bits per heavy atom. The van der Waals surface area contributed by atoms with Gasteiger partial charge in [0.05, 0.1) is 17.6 Å². The van der Waals surface area contributed by atoms with Crippen LogP contribution in [0, 0.1) is 11.3 Å². The van der Waals surface area contributed by atoms with E-state index >= 15 is 0 Å². The average molecular weight is 517 g/mol. The molecule has 0 unspecified atom stereocenters. The summed E-state index contributed by atoms with van der Waals surface area (Å²) in [6, 6.07) is 16.0. The minimum Gasteiger partial charge on any atom is -0.395 e. The van der Waals surface area contributed by atoms with E-state index in [1.165, 1.54) is 12.8 Å². The zero-order valence-electron chi connectivity index (χ0n) is 22.3. The summed E-state index contributed by atoms with van der Waals surface area (Å²) in [4.78, 5) is 20.0. The maximum Gasteiger partial charge on any atom is 0.270 e. The third-order valence-electron chi connectivity index (χ3n) is 7.72. The number of aromatic amines is 1. The van der Waals surface area contributed by atoms with Crippen LogP contribution in [0.1, 0.15) is 62.4 Å². The zero-order chi connectivity index (χ0) is 26.7. The van der Waals surface area contributed by atoms with E-state index in [1.807, 2.05) is 42.5 Å². The number of hydrogen-bond acceptors (Lipinski definition) is 7. The molecule has 0 bridgehead atoms. The molecule has 0 radical (unpaired) electrons. The molecule has 2 aromatic carbocycles. The minimum absolute atomic E-state index is 0.0438. The third-order valence-corrected chi connectivity index (χ3v) is 7.72. The number of fused-ring (bicyclic) bond motifs is 1. The van der Waals surface area contributed by atoms with Gasteiger partial charge in [-0.2, -0.15) is 5.21 Å². The van der Waals surface area contributed by atoms with Crippen molar-refractivity contribution in [1.82, 2.24) is 30.2 Å². The second-order valence-corrected chi connectivity index (χ2v) is 11.2. The number of para-hydroxylation sites is 2. The highest BCUT2D eigenvalue weighted by atomic mass is 16.3. The highest BCUT2D eigenvalue weighted by Crippen LogP contribution is 2.40. The van der Waals surface area contributed by atoms with Crippen LogP contribution in [0.3, 0.4) is 0 Å². The fraction of sp³-hybridized carbons (Fsp3) is 0.464. The van der Waals surface area contributed by atoms with E-state index in [2.05, 4.69) is 62.2 Å². The molecule has 200 valence electrons. The van der Waals surface area contributed by atoms with Crippen LogP contribution in [-0.2, 0) is 13.1 Å². The van der Waals surface area contributed by atoms with Gasteiger partial charge in [0.15, 0.2) is 0 Å². The van der Waals surface area contributed by atoms with Crippen molar-refractivity contribution in [3.63, 3.8) is 0 Å². The minimum atomic E-state index is -0.292. The number of aliphatic hydroxyl groups is 1. The highest BCUT2D eigenvalue weighted by Gasteiger charge is 2.33. The number of rotatable bonds is 8. The highest BCUT2D eigenvalue weighted by molar-refractivity contribution is 6.03. The Kier molecular flexibility index (Phi) is 7.42. The van der Waals surface area contributed by atoms with Crippen LogP contribution in [0.5, 0.6) is 0 Å². The molecule has 2 aromatic heterocycles. The van der Waals surface area contributed by atoms with Gasteiger partial charge in [0, 0.05) is 24.7 Å². The van der Waals surface area contributed by atoms with Gasteiger partial charge < -0.3 is 14.6 Å². The predicted molar refractivity (Wildman–Crippen MR) is 147 cm³/mol. The summed E-state index contributed by atoms with van der Waals surface area (Å²) in [6.07, 6.45) is 4.55. The molecular formula is C28H36N8O2. The normalized spacial score (nSPS) is 18.0. The molecule has 1 aliphatic carbocycles. The molecule has 2 heterocycles. The van der Waals surface area contributed by atoms with Crippen LogP contribution in [0.15, 0.2) is 48.5 Å². The van der Waals surface area contributed by atoms with Crippen molar-refractivity contribution in [2.24, 2.45) is 11.3 Å². The number of hydrogen-bond donors (Lipinski definition) is 3. The molecule has 1 amide bonds. The molecule has 38 heavy (non-hydrogen) atoms. The fourth-order valence-corrected chi connectivity index (χ4v) is 5.57. The molecule has 1 fully saturated rings. The summed E-state index contributed by atoms with van der Waals surface area (Å²) < 4.78 is 2.14. The molecule has 10 nitrogen and oxygen atoms in total. The Morgan fingerprint density at radius 2 is 1.84 bits per heavy atom. The molecule has 10 heteroatoms. The van der Waals surface area contributed by atoms with Gasteiger partial charge in [-0.1, -0.05) is 50.1 Å². The lowest BCUT2D eigenvalue weighted by atomic mass is 9.71. The van der Waals surface area contributed by atoms with Crippen molar-refractivity contribution >= 4 is 28.8 Å². The second-order valence-electron chi connectivity index (χ2n) is 11.2. The van der Waals surface area contributed by atoms with Gasteiger partial charge in [-0.25, -0.2) is 4.98 Å². The first-order valence-electron chi connectivity index (χ1n) is 13.3. The van der Waals surface area contributed by atoms with Crippen molar-refractivity contribution in [3.8, 4) is 0 Å². The van der Waals surface area contributed by atoms with E-state index in [4.69, 9.17) is 4.98 Å². The van der Waals surface area contributed by atoms with Crippen molar-refractivity contribution in [2.45, 2.75) is 65.6 Å². The molecule has 5 rings (SSSR count). The molecule has 1 saturated carbocycles. The lowest BCUT2D eigenvalue weighted by molar-refractivity contribution is 0.102. The van der Waals surface area contributed by atoms with E-state index in [-0.39, 0.29) is 18.5 Å². The van der Waals surface area contributed by atoms with Gasteiger partial charge in [0.2, 0.25) is 5.95 Å². The largest absolute Gasteiger partial charge is 0.395 e. The summed E-state index contributed by atoms with van der Waals surface area (Å²) in [6.45, 7) is 8.21. The topological polar surface area (TPSA) is 125 Å². The number of H-pyrrole nitrogens is 1. The number of nitrogens with zero attached hydrogens (tertiary/aromatic N) is 6. The molecule has 0 saturated heterocycles. The Hall–Kier alpha value is -3.79. The monoisotopic (exact) mass is 516 g/mol. The molecule has 1 aliphatic rings. The van der Waals surface area contributed by atoms with E-state index in [0.29, 0.717) is 36.0 Å². The zero-order valence-corrected chi connectivity index (χ0v) is 22.3. The number of aliphatic hydroxyl groups excluding tert-OH is 1. The summed E-state index contributed by atoms with van der Waals surface area (Å²) in [7, 11) is 0. The molecule has 0 aliphatic heterocycles. The van der Waals surface area contributed by atoms with E-state index < -0.39 is 0 Å². The smallest absolute Gasteiger partial charge is 0.270 e. The van der Waals surface area contributed by atoms with Crippen LogP contribution in [0.25, 0.3) is 11.0 Å². The standard InChI is InChI=1S/C28H36N8O2/c1-28(2,3)21-12-14-22(15-13-21)36(27-29-23-6-4-5-7-24(23)35(27)16-17-37)18-19-8-10-20(11-9-19)25(38)30-26-31-33-34-32-26/h4-11,21-22,37H,12-18H2,1-3H3,(H2,30,31,32,33,34,38). The number of imidazole rings is 1. The van der Waals surface area contributed by atoms with Crippen molar-refractivity contribution in [3.05, 3.63) is 59.7 Å². The first kappa shape index (κ1) is 25.8. The lowest BCUT2D eigenvalue weighted by Crippen LogP contribution is -2.41. The van der Waals surface area contributed by atoms with Crippen molar-refractivity contribution < 1.29 is 9.90 Å². The summed E-state index contributed by atoms with van der Waals surface area (Å²) in [5, 5.41) is 25.8. The van der Waals surface area contributed by atoms with Gasteiger partial charge in [-0.15, -0.1) is 5.10 Å². The van der Waals surface area contributed by atoms with Crippen LogP contribution in [-0.4, -0.2) is 53.8 Å². The Labute approximate surface area is 222 Å². The van der Waals surface area contributed by atoms with Crippen LogP contribution < -0.4 is 10.2 Å². The number of anilines is 2. The molecule has 4 aromatic rings. The average Bonchev–Trinajstić information content (AvgIpc) is 3.55. The number of amides is 1. The molecule has 0 spiro atoms. The first-order valence-corrected chi connectivity index (χ1v) is 13.3. The van der Waals surface area contributed by atoms with Gasteiger partial charge >= 0.3 is 0 Å². The number of benzene rings is 2. The fourth-order valence-electron chi connectivity index (χ4n) is 5.57. The lowest BCUT2D eigenvalue weighted by Gasteiger charge is -2.41. The molecule has 0 atom stereocenters. The van der Waals surface area contributed by atoms with Gasteiger partial charge in [0.25, 0.3) is 11.9 Å².